The largest absolute Gasteiger partial charge is 0.436 e. The molecule has 0 radical (unpaired) electrons. The molecular formula is C47H57N7O9. The zero-order valence-electron chi connectivity index (χ0n) is 37.2. The lowest BCUT2D eigenvalue weighted by molar-refractivity contribution is -0.134. The van der Waals surface area contributed by atoms with Crippen LogP contribution in [0.1, 0.15) is 90.1 Å². The minimum absolute atomic E-state index is 0.0574. The predicted molar refractivity (Wildman–Crippen MR) is 233 cm³/mol. The highest BCUT2D eigenvalue weighted by Crippen LogP contribution is 2.31. The van der Waals surface area contributed by atoms with Crippen LogP contribution >= 0.6 is 0 Å². The van der Waals surface area contributed by atoms with Gasteiger partial charge < -0.3 is 43.4 Å². The smallest absolute Gasteiger partial charge is 0.230 e. The van der Waals surface area contributed by atoms with E-state index in [-0.39, 0.29) is 73.6 Å². The maximum absolute atomic E-state index is 13.4. The quantitative estimate of drug-likeness (QED) is 0.113. The average Bonchev–Trinajstić information content (AvgIpc) is 4.05. The molecule has 5 heterocycles. The lowest BCUT2D eigenvalue weighted by atomic mass is 10.1. The van der Waals surface area contributed by atoms with Crippen LogP contribution in [0, 0.1) is 13.8 Å². The first-order valence-corrected chi connectivity index (χ1v) is 21.4. The maximum atomic E-state index is 13.4. The van der Waals surface area contributed by atoms with Crippen molar-refractivity contribution in [1.29, 1.82) is 0 Å². The Morgan fingerprint density at radius 3 is 1.49 bits per heavy atom. The van der Waals surface area contributed by atoms with E-state index >= 15 is 0 Å². The van der Waals surface area contributed by atoms with Gasteiger partial charge in [0, 0.05) is 72.6 Å². The predicted octanol–water partition coefficient (Wildman–Crippen LogP) is 7.31. The van der Waals surface area contributed by atoms with E-state index in [0.29, 0.717) is 77.4 Å². The van der Waals surface area contributed by atoms with Gasteiger partial charge in [-0.25, -0.2) is 4.98 Å². The van der Waals surface area contributed by atoms with Gasteiger partial charge in [-0.15, -0.1) is 0 Å². The number of nitrogens with zero attached hydrogens (tertiary/aromatic N) is 5. The highest BCUT2D eigenvalue weighted by molar-refractivity contribution is 5.93. The third-order valence-electron chi connectivity index (χ3n) is 10.7. The third kappa shape index (κ3) is 12.3. The Kier molecular flexibility index (Phi) is 13.3. The summed E-state index contributed by atoms with van der Waals surface area (Å²) in [7, 11) is 0. The third-order valence-corrected chi connectivity index (χ3v) is 10.7. The monoisotopic (exact) mass is 863 g/mol. The zero-order valence-corrected chi connectivity index (χ0v) is 37.2. The van der Waals surface area contributed by atoms with Crippen molar-refractivity contribution < 1.29 is 42.1 Å². The molecule has 2 fully saturated rings. The number of benzene rings is 2. The molecule has 4 amide bonds. The number of aromatic nitrogens is 3. The number of aryl methyl sites for hydroxylation is 2. The van der Waals surface area contributed by atoms with Gasteiger partial charge in [0.15, 0.2) is 5.76 Å². The van der Waals surface area contributed by atoms with E-state index in [1.54, 1.807) is 66.2 Å². The van der Waals surface area contributed by atoms with Gasteiger partial charge in [0.1, 0.15) is 11.5 Å². The van der Waals surface area contributed by atoms with Crippen molar-refractivity contribution in [3.8, 4) is 22.8 Å². The number of carbonyl (C=O) groups excluding carboxylic acids is 4. The van der Waals surface area contributed by atoms with Crippen LogP contribution in [0.5, 0.6) is 0 Å². The second-order valence-corrected chi connectivity index (χ2v) is 18.5. The minimum Gasteiger partial charge on any atom is -0.436 e. The molecule has 0 bridgehead atoms. The molecule has 3 aromatic heterocycles. The molecule has 2 saturated heterocycles. The number of oxazole rings is 1. The summed E-state index contributed by atoms with van der Waals surface area (Å²) in [6.45, 7) is 16.2. The maximum Gasteiger partial charge on any atom is 0.230 e. The molecule has 5 aromatic rings. The Balaban J connectivity index is 0.922. The Labute approximate surface area is 367 Å². The molecule has 7 rings (SSSR count). The van der Waals surface area contributed by atoms with Crippen LogP contribution < -0.4 is 10.6 Å². The molecule has 0 spiro atoms. The van der Waals surface area contributed by atoms with Gasteiger partial charge >= 0.3 is 0 Å². The van der Waals surface area contributed by atoms with Crippen LogP contribution in [-0.2, 0) is 41.5 Å². The van der Waals surface area contributed by atoms with E-state index in [1.807, 2.05) is 65.8 Å². The fourth-order valence-corrected chi connectivity index (χ4v) is 8.22. The summed E-state index contributed by atoms with van der Waals surface area (Å²) in [4.78, 5) is 61.3. The van der Waals surface area contributed by atoms with Crippen molar-refractivity contribution >= 4 is 35.0 Å². The van der Waals surface area contributed by atoms with Crippen molar-refractivity contribution in [2.75, 3.05) is 23.7 Å². The second kappa shape index (κ2) is 18.7. The number of hydrogen-bond acceptors (Lipinski definition) is 12. The highest BCUT2D eigenvalue weighted by Gasteiger charge is 2.40. The average molecular weight is 864 g/mol. The fourth-order valence-electron chi connectivity index (χ4n) is 8.22. The Bertz CT molecular complexity index is 2220. The number of ether oxygens (including phenoxy) is 2. The molecule has 2 aliphatic heterocycles. The van der Waals surface area contributed by atoms with Crippen molar-refractivity contribution in [2.24, 2.45) is 0 Å². The fraction of sp³-hybridized carbons (Fsp3) is 0.468. The van der Waals surface area contributed by atoms with Gasteiger partial charge in [0.05, 0.1) is 53.8 Å². The first kappa shape index (κ1) is 44.9. The van der Waals surface area contributed by atoms with E-state index in [4.69, 9.17) is 22.9 Å². The number of nitrogens with one attached hydrogen (secondary N) is 2. The van der Waals surface area contributed by atoms with Gasteiger partial charge in [-0.2, -0.15) is 0 Å². The molecule has 0 saturated carbocycles. The summed E-state index contributed by atoms with van der Waals surface area (Å²) in [5.74, 6) is 1.17. The lowest BCUT2D eigenvalue weighted by Gasteiger charge is -2.25. The summed E-state index contributed by atoms with van der Waals surface area (Å²) >= 11 is 0. The number of rotatable bonds is 14. The molecule has 16 nitrogen and oxygen atoms in total. The van der Waals surface area contributed by atoms with E-state index in [0.717, 1.165) is 5.56 Å². The Morgan fingerprint density at radius 1 is 0.667 bits per heavy atom. The number of hydrogen-bond donors (Lipinski definition) is 2. The summed E-state index contributed by atoms with van der Waals surface area (Å²) in [6, 6.07) is 17.2. The van der Waals surface area contributed by atoms with Crippen LogP contribution in [0.15, 0.2) is 80.3 Å². The SMILES string of the molecule is Cc1cc(CC(=O)N2C[C@H](OC(C)(C)C)C[C@H]2CC(=O)Nc2ccc(-c3cnc(-c4ccc(NC(=O)C[C@@H]5C[C@@H](OC(C)(C)C)CN5C(=O)Cc5cc(C)no5)cc4)o3)cc2)on1. The topological polar surface area (TPSA) is 195 Å². The van der Waals surface area contributed by atoms with Crippen molar-refractivity contribution in [2.45, 2.75) is 129 Å². The van der Waals surface area contributed by atoms with Gasteiger partial charge in [0.25, 0.3) is 0 Å². The standard InChI is InChI=1S/C47H57N7O9/c1-28-17-36(62-51-28)23-43(57)53-26-38(60-46(3,4)5)19-34(53)21-41(55)49-32-13-9-30(10-14-32)40-25-48-45(59-40)31-11-15-33(16-12-31)50-42(56)22-35-20-39(61-47(6,7)8)27-54(35)44(58)24-37-18-29(2)52-63-37/h9-18,25,34-35,38-39H,19-24,26-27H2,1-8H3,(H,49,55)(H,50,56)/t34-,35-,38+,39+/m0/s1. The molecule has 0 unspecified atom stereocenters. The molecule has 2 N–H and O–H groups in total. The van der Waals surface area contributed by atoms with Gasteiger partial charge in [0.2, 0.25) is 29.5 Å². The Hall–Kier alpha value is -6.13. The molecule has 4 atom stereocenters. The number of amides is 4. The molecule has 63 heavy (non-hydrogen) atoms. The number of carbonyl (C=O) groups is 4. The normalized spacial score (nSPS) is 19.1. The number of likely N-dealkylation sites (tertiary alicyclic amines) is 2. The van der Waals surface area contributed by atoms with Crippen LogP contribution in [0.3, 0.4) is 0 Å². The Morgan fingerprint density at radius 2 is 1.10 bits per heavy atom. The van der Waals surface area contributed by atoms with Crippen LogP contribution in [0.25, 0.3) is 22.8 Å². The van der Waals surface area contributed by atoms with E-state index in [9.17, 15) is 19.2 Å². The van der Waals surface area contributed by atoms with E-state index in [2.05, 4.69) is 25.9 Å². The number of anilines is 2. The summed E-state index contributed by atoms with van der Waals surface area (Å²) < 4.78 is 29.1. The summed E-state index contributed by atoms with van der Waals surface area (Å²) in [5.41, 5.74) is 3.27. The molecule has 0 aliphatic carbocycles. The van der Waals surface area contributed by atoms with Crippen LogP contribution in [0.4, 0.5) is 11.4 Å². The highest BCUT2D eigenvalue weighted by atomic mass is 16.5. The summed E-state index contributed by atoms with van der Waals surface area (Å²) in [6.07, 6.45) is 2.65. The molecule has 2 aliphatic rings. The van der Waals surface area contributed by atoms with Crippen LogP contribution in [-0.4, -0.2) is 97.3 Å². The molecule has 334 valence electrons. The minimum atomic E-state index is -0.398. The first-order chi connectivity index (χ1) is 29.8. The summed E-state index contributed by atoms with van der Waals surface area (Å²) in [5, 5.41) is 13.7. The second-order valence-electron chi connectivity index (χ2n) is 18.5. The zero-order chi connectivity index (χ0) is 45.1. The van der Waals surface area contributed by atoms with Gasteiger partial charge in [-0.1, -0.05) is 10.3 Å². The molecule has 16 heteroatoms. The van der Waals surface area contributed by atoms with Gasteiger partial charge in [-0.3, -0.25) is 19.2 Å². The molecular weight excluding hydrogens is 807 g/mol. The lowest BCUT2D eigenvalue weighted by Crippen LogP contribution is -2.39. The van der Waals surface area contributed by atoms with Crippen LogP contribution in [0.2, 0.25) is 0 Å². The molecule has 2 aromatic carbocycles. The van der Waals surface area contributed by atoms with Crippen molar-refractivity contribution in [1.82, 2.24) is 25.1 Å². The van der Waals surface area contributed by atoms with E-state index < -0.39 is 11.2 Å². The van der Waals surface area contributed by atoms with Crippen molar-refractivity contribution in [3.63, 3.8) is 0 Å². The van der Waals surface area contributed by atoms with Gasteiger partial charge in [-0.05, 0) is 117 Å². The van der Waals surface area contributed by atoms with Crippen molar-refractivity contribution in [3.05, 3.63) is 89.8 Å². The first-order valence-electron chi connectivity index (χ1n) is 21.4. The van der Waals surface area contributed by atoms with E-state index in [1.165, 1.54) is 0 Å².